The van der Waals surface area contributed by atoms with Crippen molar-refractivity contribution in [3.63, 3.8) is 0 Å². The third kappa shape index (κ3) is 41.5. The number of rotatable bonds is 18. The topological polar surface area (TPSA) is 347 Å². The molecule has 3 rings (SSSR count). The molecular formula is C40H51Cu2GdN4O18. The quantitative estimate of drug-likeness (QED) is 0.0629. The van der Waals surface area contributed by atoms with E-state index in [2.05, 4.69) is 20.6 Å². The molecule has 0 aliphatic heterocycles. The SMILES string of the molecule is CC(=O)[O-].CC(=O)[O-].CC(=O)[O-].CCO.CCOCC.COc1cccc(/C=N/OCCO/N=C/c2ccc(/C=N/OCCO/N=C/c3cccc(OC)c3[O-])c([O-])c2[O-])c1[O-].[Cu+2].[Cu+2].[Gd+3]. The van der Waals surface area contributed by atoms with E-state index in [0.717, 1.165) is 46.4 Å². The van der Waals surface area contributed by atoms with Crippen LogP contribution in [-0.2, 0) is 72.6 Å². The number of aliphatic carboxylic acids is 3. The minimum atomic E-state index is -1.08. The molecule has 25 heteroatoms. The molecule has 0 saturated carbocycles. The fourth-order valence-electron chi connectivity index (χ4n) is 3.33. The van der Waals surface area contributed by atoms with Crippen LogP contribution in [0.3, 0.4) is 0 Å². The van der Waals surface area contributed by atoms with Crippen molar-refractivity contribution in [3.8, 4) is 34.5 Å². The molecule has 22 nitrogen and oxygen atoms in total. The number of benzene rings is 3. The molecule has 0 atom stereocenters. The Morgan fingerprint density at radius 2 is 0.754 bits per heavy atom. The molecule has 0 bridgehead atoms. The van der Waals surface area contributed by atoms with Crippen LogP contribution in [0.4, 0.5) is 0 Å². The van der Waals surface area contributed by atoms with Gasteiger partial charge in [0, 0.05) is 37.7 Å². The van der Waals surface area contributed by atoms with E-state index in [4.69, 9.17) is 68.4 Å². The number of ether oxygens (including phenoxy) is 3. The van der Waals surface area contributed by atoms with Crippen molar-refractivity contribution >= 4 is 42.8 Å². The fourth-order valence-corrected chi connectivity index (χ4v) is 3.33. The maximum Gasteiger partial charge on any atom is 3.00 e. The zero-order valence-electron chi connectivity index (χ0n) is 36.5. The van der Waals surface area contributed by atoms with Gasteiger partial charge in [0.05, 0.1) is 39.1 Å². The van der Waals surface area contributed by atoms with Crippen molar-refractivity contribution in [2.24, 2.45) is 20.6 Å². The van der Waals surface area contributed by atoms with E-state index in [1.165, 1.54) is 38.8 Å². The number of nitrogens with zero attached hydrogens (tertiary/aromatic N) is 4. The summed E-state index contributed by atoms with van der Waals surface area (Å²) in [6.45, 7) is 10.5. The van der Waals surface area contributed by atoms with Gasteiger partial charge >= 0.3 is 74.1 Å². The van der Waals surface area contributed by atoms with Gasteiger partial charge in [-0.1, -0.05) is 68.5 Å². The van der Waals surface area contributed by atoms with Gasteiger partial charge in [-0.05, 0) is 75.9 Å². The summed E-state index contributed by atoms with van der Waals surface area (Å²) >= 11 is 0. The first-order valence-electron chi connectivity index (χ1n) is 18.0. The Balaban J connectivity index is -0.000000319. The molecule has 0 amide bonds. The predicted octanol–water partition coefficient (Wildman–Crippen LogP) is -1.89. The van der Waals surface area contributed by atoms with Gasteiger partial charge in [-0.25, -0.2) is 0 Å². The number of oxime groups is 4. The van der Waals surface area contributed by atoms with Crippen molar-refractivity contribution in [1.82, 2.24) is 0 Å². The first-order valence-corrected chi connectivity index (χ1v) is 18.0. The molecule has 3 aromatic carbocycles. The van der Waals surface area contributed by atoms with Gasteiger partial charge in [-0.3, -0.25) is 0 Å². The largest absolute Gasteiger partial charge is 3.00 e. The molecule has 0 aliphatic rings. The van der Waals surface area contributed by atoms with Crippen molar-refractivity contribution < 1.29 is 163 Å². The Labute approximate surface area is 430 Å². The van der Waals surface area contributed by atoms with Crippen LogP contribution in [0.1, 0.15) is 63.8 Å². The molecule has 0 heterocycles. The number of carboxylic acids is 3. The number of aliphatic hydroxyl groups excluding tert-OH is 1. The Morgan fingerprint density at radius 3 is 0.954 bits per heavy atom. The maximum atomic E-state index is 12.3. The van der Waals surface area contributed by atoms with E-state index in [0.29, 0.717) is 11.1 Å². The molecule has 65 heavy (non-hydrogen) atoms. The molecule has 369 valence electrons. The molecule has 3 radical (unpaired) electrons. The Kier molecular flexibility index (Phi) is 53.5. The van der Waals surface area contributed by atoms with Crippen LogP contribution in [0.15, 0.2) is 69.2 Å². The van der Waals surface area contributed by atoms with Crippen LogP contribution in [0, 0.1) is 39.9 Å². The molecule has 0 fully saturated rings. The first kappa shape index (κ1) is 71.7. The molecule has 3 aromatic rings. The van der Waals surface area contributed by atoms with Crippen molar-refractivity contribution in [3.05, 3.63) is 70.8 Å². The van der Waals surface area contributed by atoms with E-state index in [-0.39, 0.29) is 141 Å². The molecule has 0 unspecified atom stereocenters. The van der Waals surface area contributed by atoms with E-state index in [1.54, 1.807) is 43.3 Å². The zero-order chi connectivity index (χ0) is 47.7. The van der Waals surface area contributed by atoms with E-state index in [1.807, 2.05) is 13.8 Å². The van der Waals surface area contributed by atoms with Crippen molar-refractivity contribution in [2.45, 2.75) is 41.5 Å². The monoisotopic (exact) mass is 1160 g/mol. The number of hydrogen-bond donors (Lipinski definition) is 1. The number of aliphatic hydroxyl groups is 1. The predicted molar refractivity (Wildman–Crippen MR) is 211 cm³/mol. The van der Waals surface area contributed by atoms with Gasteiger partial charge in [0.25, 0.3) is 0 Å². The minimum absolute atomic E-state index is 0. The average molecular weight is 1160 g/mol. The second kappa shape index (κ2) is 48.5. The van der Waals surface area contributed by atoms with Gasteiger partial charge in [-0.2, -0.15) is 0 Å². The van der Waals surface area contributed by atoms with Crippen molar-refractivity contribution in [2.75, 3.05) is 60.5 Å². The number of carbonyl (C=O) groups excluding carboxylic acids is 3. The average Bonchev–Trinajstić information content (AvgIpc) is 3.20. The molecular weight excluding hydrogens is 1110 g/mol. The zero-order valence-corrected chi connectivity index (χ0v) is 40.7. The van der Waals surface area contributed by atoms with E-state index >= 15 is 0 Å². The maximum absolute atomic E-state index is 12.3. The van der Waals surface area contributed by atoms with Crippen LogP contribution < -0.4 is 45.2 Å². The van der Waals surface area contributed by atoms with Crippen LogP contribution in [-0.4, -0.2) is 108 Å². The number of para-hydroxylation sites is 2. The Morgan fingerprint density at radius 1 is 0.523 bits per heavy atom. The van der Waals surface area contributed by atoms with Crippen LogP contribution >= 0.6 is 0 Å². The van der Waals surface area contributed by atoms with Crippen LogP contribution in [0.25, 0.3) is 0 Å². The Hall–Kier alpha value is -4.97. The fraction of sp³-hybridized carbons (Fsp3) is 0.375. The van der Waals surface area contributed by atoms with Gasteiger partial charge in [0.15, 0.2) is 26.4 Å². The number of carboxylic acid groups (broad SMARTS) is 3. The summed E-state index contributed by atoms with van der Waals surface area (Å²) < 4.78 is 14.7. The minimum Gasteiger partial charge on any atom is -0.872 e. The molecule has 0 saturated heterocycles. The van der Waals surface area contributed by atoms with Gasteiger partial charge < -0.3 is 88.8 Å². The summed E-state index contributed by atoms with van der Waals surface area (Å²) in [5, 5.41) is 97.4. The molecule has 1 N–H and O–H groups in total. The number of methoxy groups -OCH3 is 2. The third-order valence-corrected chi connectivity index (χ3v) is 5.64. The van der Waals surface area contributed by atoms with Gasteiger partial charge in [-0.15, -0.1) is 11.5 Å². The van der Waals surface area contributed by atoms with Crippen LogP contribution in [0.2, 0.25) is 0 Å². The summed E-state index contributed by atoms with van der Waals surface area (Å²) in [5.74, 6) is -5.09. The summed E-state index contributed by atoms with van der Waals surface area (Å²) in [6, 6.07) is 12.3. The number of carbonyl (C=O) groups is 3. The van der Waals surface area contributed by atoms with Crippen molar-refractivity contribution in [1.29, 1.82) is 0 Å². The first-order chi connectivity index (χ1) is 29.5. The van der Waals surface area contributed by atoms with Crippen LogP contribution in [0.5, 0.6) is 34.5 Å². The second-order valence-corrected chi connectivity index (χ2v) is 10.5. The normalized spacial score (nSPS) is 9.49. The number of hydrogen-bond acceptors (Lipinski definition) is 22. The summed E-state index contributed by atoms with van der Waals surface area (Å²) in [6.07, 6.45) is 4.71. The second-order valence-electron chi connectivity index (χ2n) is 10.5. The summed E-state index contributed by atoms with van der Waals surface area (Å²) in [5.41, 5.74) is 0.624. The van der Waals surface area contributed by atoms with Gasteiger partial charge in [0.2, 0.25) is 0 Å². The molecule has 0 spiro atoms. The molecule has 0 aromatic heterocycles. The molecule has 0 aliphatic carbocycles. The Bertz CT molecular complexity index is 1670. The van der Waals surface area contributed by atoms with Gasteiger partial charge in [0.1, 0.15) is 11.5 Å². The summed E-state index contributed by atoms with van der Waals surface area (Å²) in [4.78, 5) is 46.7. The summed E-state index contributed by atoms with van der Waals surface area (Å²) in [7, 11) is 2.79. The standard InChI is InChI=1S/C28H30N4O10.C4H10O.3C2H4O2.C2H6O.2Cu.Gd/c1-37-23-7-3-5-19(25(23)33)15-29-39-11-13-41-31-17-21-9-10-22(28(36)27(21)35)18-32-42-14-12-40-30-16-20-6-4-8-24(38-2)26(20)34;1-3-5-4-2;3*1-2(3)4;1-2-3;;;/h3-10,15-18,33-36H,11-14H2,1-2H3;3-4H2,1-2H3;3*1H3,(H,3,4);3H,2H2,1H3;;;/q;;;;;;2*+2;+3/p-7/b29-15+,30-16+,31-17+,32-18+;;;;;;;;. The van der Waals surface area contributed by atoms with E-state index < -0.39 is 29.4 Å². The third-order valence-electron chi connectivity index (χ3n) is 5.64. The van der Waals surface area contributed by atoms with E-state index in [9.17, 15) is 20.4 Å². The smallest absolute Gasteiger partial charge is 0.872 e.